The van der Waals surface area contributed by atoms with Crippen LogP contribution in [0.4, 0.5) is 0 Å². The molecule has 2 N–H and O–H groups in total. The zero-order chi connectivity index (χ0) is 14.6. The number of benzene rings is 1. The fraction of sp³-hybridized carbons (Fsp3) is 0.600. The van der Waals surface area contributed by atoms with Crippen LogP contribution in [0.1, 0.15) is 18.4 Å². The molecule has 1 aliphatic heterocycles. The first-order chi connectivity index (χ1) is 9.61. The molecule has 5 heteroatoms. The van der Waals surface area contributed by atoms with E-state index in [0.717, 1.165) is 35.0 Å². The fourth-order valence-corrected chi connectivity index (χ4v) is 3.18. The first-order valence-corrected chi connectivity index (χ1v) is 7.61. The number of ether oxygens (including phenoxy) is 3. The molecule has 1 heterocycles. The largest absolute Gasteiger partial charge is 0.496 e. The third-order valence-corrected chi connectivity index (χ3v) is 4.60. The van der Waals surface area contributed by atoms with Crippen LogP contribution in [0.25, 0.3) is 0 Å². The van der Waals surface area contributed by atoms with Crippen molar-refractivity contribution in [1.82, 2.24) is 0 Å². The minimum Gasteiger partial charge on any atom is -0.496 e. The van der Waals surface area contributed by atoms with Crippen LogP contribution in [-0.4, -0.2) is 39.1 Å². The van der Waals surface area contributed by atoms with Crippen LogP contribution >= 0.6 is 15.9 Å². The maximum Gasteiger partial charge on any atom is 0.122 e. The highest BCUT2D eigenvalue weighted by molar-refractivity contribution is 9.10. The molecule has 1 atom stereocenters. The van der Waals surface area contributed by atoms with E-state index in [1.807, 2.05) is 12.1 Å². The van der Waals surface area contributed by atoms with Crippen LogP contribution in [0, 0.1) is 0 Å². The lowest BCUT2D eigenvalue weighted by Crippen LogP contribution is -2.53. The van der Waals surface area contributed by atoms with E-state index in [-0.39, 0.29) is 11.6 Å². The molecule has 20 heavy (non-hydrogen) atoms. The second kappa shape index (κ2) is 6.89. The number of methoxy groups -OCH3 is 2. The quantitative estimate of drug-likeness (QED) is 0.892. The highest BCUT2D eigenvalue weighted by Crippen LogP contribution is 2.31. The number of nitrogens with two attached hydrogens (primary N) is 1. The molecule has 0 bridgehead atoms. The van der Waals surface area contributed by atoms with E-state index in [9.17, 15) is 0 Å². The van der Waals surface area contributed by atoms with Gasteiger partial charge in [0.05, 0.1) is 12.7 Å². The minimum atomic E-state index is -0.300. The van der Waals surface area contributed by atoms with Crippen molar-refractivity contribution < 1.29 is 14.2 Å². The Morgan fingerprint density at radius 1 is 1.35 bits per heavy atom. The summed E-state index contributed by atoms with van der Waals surface area (Å²) in [6, 6.07) is 5.89. The van der Waals surface area contributed by atoms with E-state index < -0.39 is 0 Å². The summed E-state index contributed by atoms with van der Waals surface area (Å²) >= 11 is 3.49. The van der Waals surface area contributed by atoms with Gasteiger partial charge in [0, 0.05) is 43.7 Å². The van der Waals surface area contributed by atoms with Crippen molar-refractivity contribution in [3.63, 3.8) is 0 Å². The number of halogens is 1. The lowest BCUT2D eigenvalue weighted by Gasteiger charge is -2.40. The van der Waals surface area contributed by atoms with E-state index in [1.165, 1.54) is 0 Å². The topological polar surface area (TPSA) is 53.7 Å². The van der Waals surface area contributed by atoms with Gasteiger partial charge in [-0.05, 0) is 30.2 Å². The van der Waals surface area contributed by atoms with Gasteiger partial charge in [0.1, 0.15) is 5.75 Å². The summed E-state index contributed by atoms with van der Waals surface area (Å²) in [6.07, 6.45) is 2.39. The monoisotopic (exact) mass is 343 g/mol. The minimum absolute atomic E-state index is 0.0837. The smallest absolute Gasteiger partial charge is 0.122 e. The van der Waals surface area contributed by atoms with Gasteiger partial charge in [-0.15, -0.1) is 0 Å². The van der Waals surface area contributed by atoms with Gasteiger partial charge in [0.25, 0.3) is 0 Å². The Hall–Kier alpha value is -0.620. The third kappa shape index (κ3) is 3.34. The van der Waals surface area contributed by atoms with Gasteiger partial charge in [0.2, 0.25) is 0 Å². The molecule has 1 fully saturated rings. The van der Waals surface area contributed by atoms with Crippen LogP contribution in [0.2, 0.25) is 0 Å². The maximum absolute atomic E-state index is 6.45. The van der Waals surface area contributed by atoms with Crippen molar-refractivity contribution in [3.8, 4) is 5.75 Å². The molecule has 0 radical (unpaired) electrons. The summed E-state index contributed by atoms with van der Waals surface area (Å²) in [5, 5.41) is 0. The molecule has 1 saturated heterocycles. The summed E-state index contributed by atoms with van der Waals surface area (Å²) in [6.45, 7) is 1.41. The Morgan fingerprint density at radius 3 is 2.65 bits per heavy atom. The zero-order valence-electron chi connectivity index (χ0n) is 12.0. The zero-order valence-corrected chi connectivity index (χ0v) is 13.6. The molecular formula is C15H22BrNO3. The van der Waals surface area contributed by atoms with Crippen molar-refractivity contribution >= 4 is 15.9 Å². The summed E-state index contributed by atoms with van der Waals surface area (Å²) in [4.78, 5) is 0. The average Bonchev–Trinajstić information content (AvgIpc) is 2.48. The van der Waals surface area contributed by atoms with Gasteiger partial charge in [-0.2, -0.15) is 0 Å². The predicted octanol–water partition coefficient (Wildman–Crippen LogP) is 2.52. The molecule has 0 aliphatic carbocycles. The molecule has 1 unspecified atom stereocenters. The standard InChI is InChI=1S/C15H22BrNO3/c1-18-13-4-3-12(16)9-11(13)10-14(17)15(19-2)5-7-20-8-6-15/h3-4,9,14H,5-8,10,17H2,1-2H3. The molecular weight excluding hydrogens is 322 g/mol. The molecule has 1 aromatic carbocycles. The second-order valence-corrected chi connectivity index (χ2v) is 6.06. The molecule has 1 aliphatic rings. The van der Waals surface area contributed by atoms with Crippen molar-refractivity contribution in [1.29, 1.82) is 0 Å². The number of rotatable bonds is 5. The van der Waals surface area contributed by atoms with Gasteiger partial charge >= 0.3 is 0 Å². The molecule has 4 nitrogen and oxygen atoms in total. The average molecular weight is 344 g/mol. The molecule has 0 amide bonds. The first kappa shape index (κ1) is 15.8. The third-order valence-electron chi connectivity index (χ3n) is 4.10. The number of hydrogen-bond donors (Lipinski definition) is 1. The van der Waals surface area contributed by atoms with Crippen LogP contribution in [0.3, 0.4) is 0 Å². The molecule has 0 aromatic heterocycles. The van der Waals surface area contributed by atoms with Crippen LogP contribution in [-0.2, 0) is 15.9 Å². The Kier molecular flexibility index (Phi) is 5.43. The SMILES string of the molecule is COc1ccc(Br)cc1CC(N)C1(OC)CCOCC1. The fourth-order valence-electron chi connectivity index (χ4n) is 2.77. The van der Waals surface area contributed by atoms with E-state index in [0.29, 0.717) is 13.2 Å². The van der Waals surface area contributed by atoms with Crippen molar-refractivity contribution in [2.24, 2.45) is 5.73 Å². The number of hydrogen-bond acceptors (Lipinski definition) is 4. The highest BCUT2D eigenvalue weighted by atomic mass is 79.9. The van der Waals surface area contributed by atoms with Gasteiger partial charge in [0.15, 0.2) is 0 Å². The lowest BCUT2D eigenvalue weighted by molar-refractivity contribution is -0.103. The normalized spacial score (nSPS) is 19.6. The van der Waals surface area contributed by atoms with E-state index >= 15 is 0 Å². The Balaban J connectivity index is 2.17. The predicted molar refractivity (Wildman–Crippen MR) is 82.2 cm³/mol. The lowest BCUT2D eigenvalue weighted by atomic mass is 9.83. The van der Waals surface area contributed by atoms with Gasteiger partial charge < -0.3 is 19.9 Å². The highest BCUT2D eigenvalue weighted by Gasteiger charge is 2.38. The van der Waals surface area contributed by atoms with E-state index in [4.69, 9.17) is 19.9 Å². The van der Waals surface area contributed by atoms with E-state index in [1.54, 1.807) is 14.2 Å². The molecule has 112 valence electrons. The Labute approximate surface area is 128 Å². The van der Waals surface area contributed by atoms with Gasteiger partial charge in [-0.25, -0.2) is 0 Å². The Bertz CT molecular complexity index is 447. The van der Waals surface area contributed by atoms with Crippen LogP contribution < -0.4 is 10.5 Å². The second-order valence-electron chi connectivity index (χ2n) is 5.15. The van der Waals surface area contributed by atoms with Gasteiger partial charge in [-0.1, -0.05) is 15.9 Å². The maximum atomic E-state index is 6.45. The van der Waals surface area contributed by atoms with Crippen molar-refractivity contribution in [2.45, 2.75) is 30.9 Å². The molecule has 0 saturated carbocycles. The van der Waals surface area contributed by atoms with Crippen LogP contribution in [0.15, 0.2) is 22.7 Å². The van der Waals surface area contributed by atoms with Crippen molar-refractivity contribution in [2.75, 3.05) is 27.4 Å². The molecule has 2 rings (SSSR count). The Morgan fingerprint density at radius 2 is 2.05 bits per heavy atom. The van der Waals surface area contributed by atoms with E-state index in [2.05, 4.69) is 22.0 Å². The summed E-state index contributed by atoms with van der Waals surface area (Å²) in [5.74, 6) is 0.863. The summed E-state index contributed by atoms with van der Waals surface area (Å²) in [5.41, 5.74) is 7.24. The molecule has 0 spiro atoms. The summed E-state index contributed by atoms with van der Waals surface area (Å²) in [7, 11) is 3.42. The van der Waals surface area contributed by atoms with Gasteiger partial charge in [-0.3, -0.25) is 0 Å². The first-order valence-electron chi connectivity index (χ1n) is 6.82. The van der Waals surface area contributed by atoms with Crippen LogP contribution in [0.5, 0.6) is 5.75 Å². The van der Waals surface area contributed by atoms with Crippen molar-refractivity contribution in [3.05, 3.63) is 28.2 Å². The summed E-state index contributed by atoms with van der Waals surface area (Å²) < 4.78 is 17.6. The molecule has 1 aromatic rings.